The quantitative estimate of drug-likeness (QED) is 0.662. The Morgan fingerprint density at radius 3 is 3.10 bits per heavy atom. The summed E-state index contributed by atoms with van der Waals surface area (Å²) in [5.41, 5.74) is 2.43. The van der Waals surface area contributed by atoms with Crippen LogP contribution in [0.4, 0.5) is 0 Å². The Hall–Kier alpha value is -1.26. The van der Waals surface area contributed by atoms with Crippen LogP contribution >= 0.6 is 0 Å². The molecule has 2 heterocycles. The molecule has 0 amide bonds. The number of aliphatic hydroxyl groups excluding tert-OH is 1. The van der Waals surface area contributed by atoms with E-state index in [2.05, 4.69) is 5.32 Å². The number of nitrogens with one attached hydrogen (secondary N) is 1. The van der Waals surface area contributed by atoms with Gasteiger partial charge in [-0.3, -0.25) is 0 Å². The van der Waals surface area contributed by atoms with Crippen molar-refractivity contribution >= 4 is 0 Å². The minimum atomic E-state index is -0.414. The van der Waals surface area contributed by atoms with Crippen molar-refractivity contribution in [3.8, 4) is 11.5 Å². The van der Waals surface area contributed by atoms with E-state index in [0.29, 0.717) is 17.7 Å². The van der Waals surface area contributed by atoms with Crippen LogP contribution in [0.2, 0.25) is 0 Å². The second kappa shape index (κ2) is 3.49. The molecule has 5 rings (SSSR count). The molecule has 106 valence electrons. The highest BCUT2D eigenvalue weighted by atomic mass is 16.5. The summed E-state index contributed by atoms with van der Waals surface area (Å²) in [5, 5.41) is 24.3. The summed E-state index contributed by atoms with van der Waals surface area (Å²) in [6.07, 6.45) is 3.28. The van der Waals surface area contributed by atoms with E-state index in [4.69, 9.17) is 4.74 Å². The van der Waals surface area contributed by atoms with Gasteiger partial charge in [-0.2, -0.15) is 0 Å². The lowest BCUT2D eigenvalue weighted by atomic mass is 9.52. The highest BCUT2D eigenvalue weighted by Crippen LogP contribution is 2.62. The summed E-state index contributed by atoms with van der Waals surface area (Å²) in [7, 11) is 0. The zero-order valence-corrected chi connectivity index (χ0v) is 11.3. The van der Waals surface area contributed by atoms with E-state index in [1.807, 2.05) is 6.07 Å². The lowest BCUT2D eigenvalue weighted by Gasteiger charge is -2.56. The summed E-state index contributed by atoms with van der Waals surface area (Å²) in [6.45, 7) is 0.974. The van der Waals surface area contributed by atoms with E-state index in [1.165, 1.54) is 11.1 Å². The number of hydrogen-bond acceptors (Lipinski definition) is 4. The number of rotatable bonds is 0. The van der Waals surface area contributed by atoms with Gasteiger partial charge in [0.1, 0.15) is 6.10 Å². The number of hydrogen-bond donors (Lipinski definition) is 3. The largest absolute Gasteiger partial charge is 0.504 e. The minimum absolute atomic E-state index is 0.0742. The average Bonchev–Trinajstić information content (AvgIpc) is 2.78. The Balaban J connectivity index is 1.83. The van der Waals surface area contributed by atoms with Gasteiger partial charge in [-0.1, -0.05) is 6.07 Å². The topological polar surface area (TPSA) is 61.7 Å². The number of aliphatic hydroxyl groups is 1. The predicted octanol–water partition coefficient (Wildman–Crippen LogP) is 1.08. The third kappa shape index (κ3) is 1.09. The van der Waals surface area contributed by atoms with Crippen molar-refractivity contribution in [2.75, 3.05) is 6.54 Å². The van der Waals surface area contributed by atoms with Gasteiger partial charge in [0.15, 0.2) is 11.5 Å². The molecular weight excluding hydrogens is 254 g/mol. The van der Waals surface area contributed by atoms with Gasteiger partial charge in [0.05, 0.1) is 6.10 Å². The molecule has 1 unspecified atom stereocenters. The Bertz CT molecular complexity index is 602. The fraction of sp³-hybridized carbons (Fsp3) is 0.625. The SMILES string of the molecule is Oc1ccc2c3c1O[C@@H]1[C@H](O)CCC4[C@H](C2)NCC[C@]341. The van der Waals surface area contributed by atoms with Gasteiger partial charge < -0.3 is 20.3 Å². The minimum Gasteiger partial charge on any atom is -0.504 e. The molecule has 4 heteroatoms. The monoisotopic (exact) mass is 273 g/mol. The van der Waals surface area contributed by atoms with E-state index < -0.39 is 6.10 Å². The number of aromatic hydroxyl groups is 1. The van der Waals surface area contributed by atoms with Crippen molar-refractivity contribution in [2.45, 2.75) is 49.3 Å². The number of ether oxygens (including phenoxy) is 1. The first-order valence-electron chi connectivity index (χ1n) is 7.65. The zero-order valence-electron chi connectivity index (χ0n) is 11.3. The summed E-state index contributed by atoms with van der Waals surface area (Å²) >= 11 is 0. The van der Waals surface area contributed by atoms with Crippen molar-refractivity contribution in [3.05, 3.63) is 23.3 Å². The number of phenols is 1. The molecule has 4 aliphatic rings. The molecule has 1 spiro atoms. The van der Waals surface area contributed by atoms with Crippen molar-refractivity contribution in [2.24, 2.45) is 5.92 Å². The lowest BCUT2D eigenvalue weighted by Crippen LogP contribution is -2.66. The summed E-state index contributed by atoms with van der Waals surface area (Å²) in [4.78, 5) is 0. The molecule has 1 saturated carbocycles. The standard InChI is InChI=1S/C16H19NO3/c18-11-3-1-8-7-10-9-2-4-12(19)15-16(9,5-6-17-10)13(8)14(11)20-15/h1,3,9-10,12,15,17-19H,2,4-7H2/t9?,10-,12+,15+,16+/m0/s1. The van der Waals surface area contributed by atoms with Crippen LogP contribution < -0.4 is 10.1 Å². The highest BCUT2D eigenvalue weighted by Gasteiger charge is 2.64. The van der Waals surface area contributed by atoms with Gasteiger partial charge in [0, 0.05) is 17.0 Å². The van der Waals surface area contributed by atoms with Crippen molar-refractivity contribution in [1.82, 2.24) is 5.32 Å². The summed E-state index contributed by atoms with van der Waals surface area (Å²) in [6, 6.07) is 4.27. The van der Waals surface area contributed by atoms with Crippen LogP contribution in [0.15, 0.2) is 12.1 Å². The highest BCUT2D eigenvalue weighted by molar-refractivity contribution is 5.60. The Morgan fingerprint density at radius 1 is 1.30 bits per heavy atom. The molecule has 1 aromatic carbocycles. The first kappa shape index (κ1) is 11.4. The van der Waals surface area contributed by atoms with E-state index in [-0.39, 0.29) is 17.3 Å². The molecule has 2 aliphatic carbocycles. The van der Waals surface area contributed by atoms with Crippen molar-refractivity contribution < 1.29 is 14.9 Å². The van der Waals surface area contributed by atoms with Crippen LogP contribution in [0.1, 0.15) is 30.4 Å². The third-order valence-electron chi connectivity index (χ3n) is 6.10. The molecule has 2 fully saturated rings. The normalized spacial score (nSPS) is 43.9. The maximum Gasteiger partial charge on any atom is 0.165 e. The van der Waals surface area contributed by atoms with E-state index in [0.717, 1.165) is 32.2 Å². The first-order chi connectivity index (χ1) is 9.72. The molecule has 2 aliphatic heterocycles. The van der Waals surface area contributed by atoms with Crippen molar-refractivity contribution in [1.29, 1.82) is 0 Å². The third-order valence-corrected chi connectivity index (χ3v) is 6.10. The van der Waals surface area contributed by atoms with Gasteiger partial charge in [-0.25, -0.2) is 0 Å². The van der Waals surface area contributed by atoms with Crippen molar-refractivity contribution in [3.63, 3.8) is 0 Å². The van der Waals surface area contributed by atoms with Gasteiger partial charge >= 0.3 is 0 Å². The Morgan fingerprint density at radius 2 is 2.20 bits per heavy atom. The van der Waals surface area contributed by atoms with E-state index >= 15 is 0 Å². The number of phenolic OH excluding ortho intramolecular Hbond substituents is 1. The molecule has 5 atom stereocenters. The van der Waals surface area contributed by atoms with Gasteiger partial charge in [-0.15, -0.1) is 0 Å². The summed E-state index contributed by atoms with van der Waals surface area (Å²) in [5.74, 6) is 1.41. The first-order valence-corrected chi connectivity index (χ1v) is 7.65. The maximum absolute atomic E-state index is 10.5. The molecule has 20 heavy (non-hydrogen) atoms. The Kier molecular flexibility index (Phi) is 1.99. The fourth-order valence-electron chi connectivity index (χ4n) is 5.43. The van der Waals surface area contributed by atoms with Crippen LogP contribution in [0.25, 0.3) is 0 Å². The summed E-state index contributed by atoms with van der Waals surface area (Å²) < 4.78 is 6.09. The van der Waals surface area contributed by atoms with Gasteiger partial charge in [-0.05, 0) is 49.8 Å². The lowest BCUT2D eigenvalue weighted by molar-refractivity contribution is -0.0761. The molecule has 0 aromatic heterocycles. The molecule has 1 aromatic rings. The number of benzene rings is 1. The molecule has 3 N–H and O–H groups in total. The predicted molar refractivity (Wildman–Crippen MR) is 73.0 cm³/mol. The average molecular weight is 273 g/mol. The van der Waals surface area contributed by atoms with E-state index in [1.54, 1.807) is 6.07 Å². The van der Waals surface area contributed by atoms with Crippen LogP contribution in [0.5, 0.6) is 11.5 Å². The second-order valence-electron chi connectivity index (χ2n) is 6.79. The van der Waals surface area contributed by atoms with E-state index in [9.17, 15) is 10.2 Å². The van der Waals surface area contributed by atoms with Crippen LogP contribution in [-0.4, -0.2) is 35.0 Å². The van der Waals surface area contributed by atoms with Gasteiger partial charge in [0.2, 0.25) is 0 Å². The molecule has 4 nitrogen and oxygen atoms in total. The molecule has 1 saturated heterocycles. The number of piperidine rings is 1. The zero-order chi connectivity index (χ0) is 13.5. The molecule has 2 bridgehead atoms. The molecule has 0 radical (unpaired) electrons. The molecular formula is C16H19NO3. The maximum atomic E-state index is 10.5. The van der Waals surface area contributed by atoms with Crippen LogP contribution in [0.3, 0.4) is 0 Å². The fourth-order valence-corrected chi connectivity index (χ4v) is 5.43. The van der Waals surface area contributed by atoms with Gasteiger partial charge in [0.25, 0.3) is 0 Å². The van der Waals surface area contributed by atoms with Crippen LogP contribution in [-0.2, 0) is 11.8 Å². The Labute approximate surface area is 117 Å². The smallest absolute Gasteiger partial charge is 0.165 e. The second-order valence-corrected chi connectivity index (χ2v) is 6.79. The van der Waals surface area contributed by atoms with Crippen LogP contribution in [0, 0.1) is 5.92 Å².